The van der Waals surface area contributed by atoms with Crippen LogP contribution in [0.3, 0.4) is 0 Å². The standard InChI is InChI=1S/C7H17NS/c1-3-4-5-8-6-7(2)9/h7-9H,3-6H2,1-2H3. The summed E-state index contributed by atoms with van der Waals surface area (Å²) in [6, 6.07) is 0. The van der Waals surface area contributed by atoms with Crippen molar-refractivity contribution < 1.29 is 0 Å². The molecule has 1 atom stereocenters. The Morgan fingerprint density at radius 3 is 2.67 bits per heavy atom. The van der Waals surface area contributed by atoms with E-state index in [0.29, 0.717) is 5.25 Å². The lowest BCUT2D eigenvalue weighted by molar-refractivity contribution is 0.639. The van der Waals surface area contributed by atoms with Crippen LogP contribution in [0.5, 0.6) is 0 Å². The predicted octanol–water partition coefficient (Wildman–Crippen LogP) is 1.69. The van der Waals surface area contributed by atoms with Gasteiger partial charge in [0, 0.05) is 11.8 Å². The van der Waals surface area contributed by atoms with E-state index in [1.807, 2.05) is 0 Å². The van der Waals surface area contributed by atoms with E-state index in [1.165, 1.54) is 12.8 Å². The zero-order valence-electron chi connectivity index (χ0n) is 6.35. The smallest absolute Gasteiger partial charge is 0.0113 e. The third-order valence-electron chi connectivity index (χ3n) is 1.15. The summed E-state index contributed by atoms with van der Waals surface area (Å²) in [7, 11) is 0. The summed E-state index contributed by atoms with van der Waals surface area (Å²) in [5.41, 5.74) is 0. The highest BCUT2D eigenvalue weighted by molar-refractivity contribution is 7.80. The molecular formula is C7H17NS. The SMILES string of the molecule is CCCCNCC(C)S. The molecule has 0 saturated carbocycles. The van der Waals surface area contributed by atoms with Crippen LogP contribution in [0.1, 0.15) is 26.7 Å². The quantitative estimate of drug-likeness (QED) is 0.445. The van der Waals surface area contributed by atoms with Crippen molar-refractivity contribution in [1.82, 2.24) is 5.32 Å². The van der Waals surface area contributed by atoms with Gasteiger partial charge in [-0.2, -0.15) is 12.6 Å². The lowest BCUT2D eigenvalue weighted by Crippen LogP contribution is -2.22. The Balaban J connectivity index is 2.75. The van der Waals surface area contributed by atoms with Crippen LogP contribution in [-0.4, -0.2) is 18.3 Å². The summed E-state index contributed by atoms with van der Waals surface area (Å²) in [5.74, 6) is 0. The molecule has 9 heavy (non-hydrogen) atoms. The van der Waals surface area contributed by atoms with E-state index in [4.69, 9.17) is 0 Å². The number of unbranched alkanes of at least 4 members (excludes halogenated alkanes) is 1. The van der Waals surface area contributed by atoms with Crippen molar-refractivity contribution >= 4 is 12.6 Å². The molecule has 0 bridgehead atoms. The molecule has 56 valence electrons. The lowest BCUT2D eigenvalue weighted by Gasteiger charge is -2.04. The maximum atomic E-state index is 4.24. The molecule has 0 fully saturated rings. The van der Waals surface area contributed by atoms with Gasteiger partial charge in [-0.3, -0.25) is 0 Å². The van der Waals surface area contributed by atoms with Crippen molar-refractivity contribution in [1.29, 1.82) is 0 Å². The van der Waals surface area contributed by atoms with Gasteiger partial charge in [0.15, 0.2) is 0 Å². The van der Waals surface area contributed by atoms with Gasteiger partial charge in [-0.05, 0) is 13.0 Å². The highest BCUT2D eigenvalue weighted by Gasteiger charge is 1.90. The Labute approximate surface area is 63.6 Å². The third kappa shape index (κ3) is 8.31. The van der Waals surface area contributed by atoms with Crippen molar-refractivity contribution in [3.05, 3.63) is 0 Å². The predicted molar refractivity (Wildman–Crippen MR) is 46.2 cm³/mol. The minimum Gasteiger partial charge on any atom is -0.316 e. The Bertz CT molecular complexity index is 54.9. The first kappa shape index (κ1) is 9.31. The Hall–Kier alpha value is 0.310. The summed E-state index contributed by atoms with van der Waals surface area (Å²) >= 11 is 4.24. The second-order valence-corrected chi connectivity index (χ2v) is 3.29. The van der Waals surface area contributed by atoms with Crippen LogP contribution in [0.4, 0.5) is 0 Å². The summed E-state index contributed by atoms with van der Waals surface area (Å²) in [6.45, 7) is 6.47. The fourth-order valence-corrected chi connectivity index (χ4v) is 0.742. The molecule has 0 saturated heterocycles. The van der Waals surface area contributed by atoms with E-state index in [1.54, 1.807) is 0 Å². The molecule has 0 aromatic carbocycles. The van der Waals surface area contributed by atoms with Gasteiger partial charge in [0.2, 0.25) is 0 Å². The highest BCUT2D eigenvalue weighted by Crippen LogP contribution is 1.89. The molecule has 0 spiro atoms. The van der Waals surface area contributed by atoms with E-state index in [-0.39, 0.29) is 0 Å². The monoisotopic (exact) mass is 147 g/mol. The molecule has 0 amide bonds. The van der Waals surface area contributed by atoms with Gasteiger partial charge < -0.3 is 5.32 Å². The van der Waals surface area contributed by atoms with Crippen molar-refractivity contribution in [2.24, 2.45) is 0 Å². The molecule has 0 radical (unpaired) electrons. The lowest BCUT2D eigenvalue weighted by atomic mass is 10.3. The number of thiol groups is 1. The van der Waals surface area contributed by atoms with E-state index in [0.717, 1.165) is 13.1 Å². The summed E-state index contributed by atoms with van der Waals surface area (Å²) in [6.07, 6.45) is 2.55. The molecule has 0 heterocycles. The number of hydrogen-bond donors (Lipinski definition) is 2. The van der Waals surface area contributed by atoms with Crippen LogP contribution >= 0.6 is 12.6 Å². The Morgan fingerprint density at radius 2 is 2.22 bits per heavy atom. The van der Waals surface area contributed by atoms with Gasteiger partial charge in [-0.1, -0.05) is 20.3 Å². The highest BCUT2D eigenvalue weighted by atomic mass is 32.1. The first-order valence-electron chi connectivity index (χ1n) is 3.66. The normalized spacial score (nSPS) is 13.7. The van der Waals surface area contributed by atoms with Gasteiger partial charge >= 0.3 is 0 Å². The average Bonchev–Trinajstić information content (AvgIpc) is 1.80. The molecule has 1 unspecified atom stereocenters. The molecular weight excluding hydrogens is 130 g/mol. The van der Waals surface area contributed by atoms with Crippen LogP contribution in [-0.2, 0) is 0 Å². The molecule has 0 aromatic rings. The summed E-state index contributed by atoms with van der Waals surface area (Å²) < 4.78 is 0. The largest absolute Gasteiger partial charge is 0.316 e. The number of rotatable bonds is 5. The second-order valence-electron chi connectivity index (χ2n) is 2.41. The molecule has 1 N–H and O–H groups in total. The minimum atomic E-state index is 0.488. The van der Waals surface area contributed by atoms with Crippen LogP contribution in [0, 0.1) is 0 Å². The van der Waals surface area contributed by atoms with Crippen molar-refractivity contribution in [3.8, 4) is 0 Å². The third-order valence-corrected chi connectivity index (χ3v) is 1.33. The molecule has 0 aliphatic rings. The number of hydrogen-bond acceptors (Lipinski definition) is 2. The van der Waals surface area contributed by atoms with Crippen molar-refractivity contribution in [2.45, 2.75) is 31.9 Å². The van der Waals surface area contributed by atoms with Crippen LogP contribution in [0.2, 0.25) is 0 Å². The molecule has 2 heteroatoms. The van der Waals surface area contributed by atoms with Gasteiger partial charge in [0.05, 0.1) is 0 Å². The van der Waals surface area contributed by atoms with E-state index in [9.17, 15) is 0 Å². The molecule has 1 nitrogen and oxygen atoms in total. The van der Waals surface area contributed by atoms with E-state index >= 15 is 0 Å². The first-order valence-corrected chi connectivity index (χ1v) is 4.17. The number of nitrogens with one attached hydrogen (secondary N) is 1. The van der Waals surface area contributed by atoms with Crippen molar-refractivity contribution in [3.63, 3.8) is 0 Å². The minimum absolute atomic E-state index is 0.488. The zero-order valence-corrected chi connectivity index (χ0v) is 7.25. The molecule has 0 aliphatic carbocycles. The Morgan fingerprint density at radius 1 is 1.56 bits per heavy atom. The summed E-state index contributed by atoms with van der Waals surface area (Å²) in [5, 5.41) is 3.80. The van der Waals surface area contributed by atoms with Gasteiger partial charge in [-0.15, -0.1) is 0 Å². The maximum Gasteiger partial charge on any atom is 0.0113 e. The van der Waals surface area contributed by atoms with Gasteiger partial charge in [0.1, 0.15) is 0 Å². The van der Waals surface area contributed by atoms with Gasteiger partial charge in [0.25, 0.3) is 0 Å². The average molecular weight is 147 g/mol. The van der Waals surface area contributed by atoms with Gasteiger partial charge in [-0.25, -0.2) is 0 Å². The molecule has 0 rings (SSSR count). The maximum absolute atomic E-state index is 4.24. The molecule has 0 aliphatic heterocycles. The van der Waals surface area contributed by atoms with Crippen LogP contribution in [0.15, 0.2) is 0 Å². The fraction of sp³-hybridized carbons (Fsp3) is 1.00. The summed E-state index contributed by atoms with van der Waals surface area (Å²) in [4.78, 5) is 0. The van der Waals surface area contributed by atoms with Crippen LogP contribution < -0.4 is 5.32 Å². The van der Waals surface area contributed by atoms with E-state index < -0.39 is 0 Å². The first-order chi connectivity index (χ1) is 4.27. The zero-order chi connectivity index (χ0) is 7.11. The topological polar surface area (TPSA) is 12.0 Å². The van der Waals surface area contributed by atoms with E-state index in [2.05, 4.69) is 31.8 Å². The fourth-order valence-electron chi connectivity index (χ4n) is 0.613. The Kier molecular flexibility index (Phi) is 6.65. The van der Waals surface area contributed by atoms with Crippen molar-refractivity contribution in [2.75, 3.05) is 13.1 Å². The second kappa shape index (κ2) is 6.43. The van der Waals surface area contributed by atoms with Crippen LogP contribution in [0.25, 0.3) is 0 Å². The molecule has 0 aromatic heterocycles.